The zero-order valence-electron chi connectivity index (χ0n) is 18.8. The molecule has 33 heavy (non-hydrogen) atoms. The molecule has 9 heteroatoms. The summed E-state index contributed by atoms with van der Waals surface area (Å²) in [7, 11) is 1.87. The molecule has 0 amide bonds. The molecule has 0 saturated heterocycles. The Kier molecular flexibility index (Phi) is 4.99. The Morgan fingerprint density at radius 2 is 1.76 bits per heavy atom. The first-order valence-electron chi connectivity index (χ1n) is 10.5. The highest BCUT2D eigenvalue weighted by molar-refractivity contribution is 6.30. The molecule has 3 heterocycles. The zero-order chi connectivity index (χ0) is 23.3. The van der Waals surface area contributed by atoms with Crippen LogP contribution in [0.3, 0.4) is 0 Å². The van der Waals surface area contributed by atoms with Crippen molar-refractivity contribution >= 4 is 34.3 Å². The SMILES string of the molecule is CN1C=C(c2cc(Cl)ccc2-c2nc3cc(-c4cnc(N)nc4)ccc3n2C(C)(C)C)ON1. The van der Waals surface area contributed by atoms with E-state index in [1.54, 1.807) is 17.4 Å². The molecule has 2 aromatic carbocycles. The molecule has 0 radical (unpaired) electrons. The topological polar surface area (TPSA) is 94.1 Å². The lowest BCUT2D eigenvalue weighted by Gasteiger charge is -2.25. The third-order valence-electron chi connectivity index (χ3n) is 5.43. The number of hydrogen-bond acceptors (Lipinski definition) is 7. The van der Waals surface area contributed by atoms with Gasteiger partial charge in [-0.25, -0.2) is 15.0 Å². The fourth-order valence-electron chi connectivity index (χ4n) is 4.00. The Morgan fingerprint density at radius 1 is 1.00 bits per heavy atom. The summed E-state index contributed by atoms with van der Waals surface area (Å²) in [4.78, 5) is 19.0. The standard InChI is InChI=1S/C24H24ClN7O/c1-24(2,3)32-20-8-5-14(15-11-27-23(26)28-12-15)9-19(20)29-22(32)17-7-6-16(25)10-18(17)21-13-31(4)30-33-21/h5-13,30H,1-4H3,(H2,26,27,28). The van der Waals surface area contributed by atoms with E-state index < -0.39 is 0 Å². The van der Waals surface area contributed by atoms with E-state index in [0.29, 0.717) is 10.8 Å². The van der Waals surface area contributed by atoms with Crippen LogP contribution in [0.1, 0.15) is 26.3 Å². The number of hydrazine groups is 1. The predicted octanol–water partition coefficient (Wildman–Crippen LogP) is 4.83. The number of nitrogens with two attached hydrogens (primary N) is 1. The Bertz CT molecular complexity index is 1390. The van der Waals surface area contributed by atoms with E-state index in [4.69, 9.17) is 27.2 Å². The number of nitrogens with zero attached hydrogens (tertiary/aromatic N) is 5. The van der Waals surface area contributed by atoms with Crippen LogP contribution in [-0.2, 0) is 10.4 Å². The first kappa shape index (κ1) is 21.2. The van der Waals surface area contributed by atoms with Crippen LogP contribution in [-0.4, -0.2) is 31.6 Å². The average molecular weight is 462 g/mol. The molecule has 0 bridgehead atoms. The molecule has 0 atom stereocenters. The fraction of sp³-hybridized carbons (Fsp3) is 0.208. The van der Waals surface area contributed by atoms with Gasteiger partial charge in [0.1, 0.15) is 5.82 Å². The van der Waals surface area contributed by atoms with E-state index in [-0.39, 0.29) is 11.5 Å². The number of hydrogen-bond donors (Lipinski definition) is 2. The molecule has 0 fully saturated rings. The lowest BCUT2D eigenvalue weighted by atomic mass is 10.0. The van der Waals surface area contributed by atoms with Crippen molar-refractivity contribution in [3.8, 4) is 22.5 Å². The minimum atomic E-state index is -0.229. The minimum Gasteiger partial charge on any atom is -0.387 e. The summed E-state index contributed by atoms with van der Waals surface area (Å²) in [5.41, 5.74) is 13.7. The van der Waals surface area contributed by atoms with Crippen molar-refractivity contribution in [2.45, 2.75) is 26.3 Å². The van der Waals surface area contributed by atoms with Crippen LogP contribution in [0.5, 0.6) is 0 Å². The molecular formula is C24H24ClN7O. The van der Waals surface area contributed by atoms with E-state index in [2.05, 4.69) is 53.0 Å². The van der Waals surface area contributed by atoms with Gasteiger partial charge in [0.2, 0.25) is 5.95 Å². The normalized spacial score (nSPS) is 14.0. The summed E-state index contributed by atoms with van der Waals surface area (Å²) in [6.45, 7) is 6.49. The van der Waals surface area contributed by atoms with Gasteiger partial charge in [0.15, 0.2) is 5.76 Å². The molecule has 0 aliphatic carbocycles. The first-order valence-corrected chi connectivity index (χ1v) is 10.9. The fourth-order valence-corrected chi connectivity index (χ4v) is 4.17. The number of anilines is 1. The van der Waals surface area contributed by atoms with Crippen molar-refractivity contribution in [2.24, 2.45) is 0 Å². The van der Waals surface area contributed by atoms with Gasteiger partial charge in [-0.2, -0.15) is 0 Å². The Morgan fingerprint density at radius 3 is 2.42 bits per heavy atom. The van der Waals surface area contributed by atoms with Gasteiger partial charge in [-0.1, -0.05) is 23.3 Å². The largest absolute Gasteiger partial charge is 0.387 e. The number of aromatic nitrogens is 4. The van der Waals surface area contributed by atoms with Crippen LogP contribution in [0.25, 0.3) is 39.3 Å². The lowest BCUT2D eigenvalue weighted by Crippen LogP contribution is -2.23. The summed E-state index contributed by atoms with van der Waals surface area (Å²) >= 11 is 6.36. The maximum absolute atomic E-state index is 6.36. The van der Waals surface area contributed by atoms with Crippen molar-refractivity contribution in [3.05, 3.63) is 65.6 Å². The van der Waals surface area contributed by atoms with Gasteiger partial charge < -0.3 is 15.1 Å². The molecule has 3 N–H and O–H groups in total. The minimum absolute atomic E-state index is 0.229. The van der Waals surface area contributed by atoms with Gasteiger partial charge in [0.05, 0.1) is 17.2 Å². The van der Waals surface area contributed by atoms with Crippen molar-refractivity contribution in [2.75, 3.05) is 12.8 Å². The van der Waals surface area contributed by atoms with Gasteiger partial charge >= 0.3 is 0 Å². The van der Waals surface area contributed by atoms with Gasteiger partial charge in [-0.3, -0.25) is 5.01 Å². The Hall–Kier alpha value is -3.62. The highest BCUT2D eigenvalue weighted by Crippen LogP contribution is 2.38. The number of fused-ring (bicyclic) bond motifs is 1. The lowest BCUT2D eigenvalue weighted by molar-refractivity contribution is 0.0650. The molecule has 5 rings (SSSR count). The van der Waals surface area contributed by atoms with Crippen LogP contribution >= 0.6 is 11.6 Å². The molecule has 0 spiro atoms. The second-order valence-electron chi connectivity index (χ2n) is 8.96. The number of rotatable bonds is 3. The number of benzene rings is 2. The second-order valence-corrected chi connectivity index (χ2v) is 9.40. The van der Waals surface area contributed by atoms with Crippen molar-refractivity contribution in [1.29, 1.82) is 0 Å². The maximum Gasteiger partial charge on any atom is 0.219 e. The molecule has 1 aliphatic heterocycles. The van der Waals surface area contributed by atoms with Gasteiger partial charge in [0.25, 0.3) is 0 Å². The second kappa shape index (κ2) is 7.75. The van der Waals surface area contributed by atoms with E-state index >= 15 is 0 Å². The molecule has 4 aromatic rings. The maximum atomic E-state index is 6.36. The molecule has 0 saturated carbocycles. The number of imidazole rings is 1. The average Bonchev–Trinajstić information content (AvgIpc) is 3.37. The van der Waals surface area contributed by atoms with Crippen molar-refractivity contribution in [3.63, 3.8) is 0 Å². The van der Waals surface area contributed by atoms with Gasteiger partial charge in [-0.15, -0.1) is 0 Å². The monoisotopic (exact) mass is 461 g/mol. The van der Waals surface area contributed by atoms with Crippen LogP contribution in [0, 0.1) is 0 Å². The molecule has 1 aliphatic rings. The van der Waals surface area contributed by atoms with E-state index in [0.717, 1.165) is 39.1 Å². The highest BCUT2D eigenvalue weighted by Gasteiger charge is 2.26. The molecule has 0 unspecified atom stereocenters. The third-order valence-corrected chi connectivity index (χ3v) is 5.66. The smallest absolute Gasteiger partial charge is 0.219 e. The predicted molar refractivity (Wildman–Crippen MR) is 131 cm³/mol. The van der Waals surface area contributed by atoms with Crippen molar-refractivity contribution < 1.29 is 4.84 Å². The number of nitrogens with one attached hydrogen (secondary N) is 1. The molecule has 2 aromatic heterocycles. The zero-order valence-corrected chi connectivity index (χ0v) is 19.6. The summed E-state index contributed by atoms with van der Waals surface area (Å²) < 4.78 is 2.24. The van der Waals surface area contributed by atoms with E-state index in [1.165, 1.54) is 0 Å². The van der Waals surface area contributed by atoms with Gasteiger partial charge in [0, 0.05) is 46.7 Å². The van der Waals surface area contributed by atoms with Crippen molar-refractivity contribution in [1.82, 2.24) is 30.1 Å². The summed E-state index contributed by atoms with van der Waals surface area (Å²) in [6.07, 6.45) is 5.31. The summed E-state index contributed by atoms with van der Waals surface area (Å²) in [6, 6.07) is 11.9. The van der Waals surface area contributed by atoms with Crippen LogP contribution in [0.2, 0.25) is 5.02 Å². The third kappa shape index (κ3) is 3.88. The quantitative estimate of drug-likeness (QED) is 0.451. The van der Waals surface area contributed by atoms with E-state index in [1.807, 2.05) is 37.5 Å². The summed E-state index contributed by atoms with van der Waals surface area (Å²) in [5.74, 6) is 1.74. The van der Waals surface area contributed by atoms with Crippen LogP contribution in [0.15, 0.2) is 55.0 Å². The molecule has 168 valence electrons. The highest BCUT2D eigenvalue weighted by atomic mass is 35.5. The van der Waals surface area contributed by atoms with E-state index in [9.17, 15) is 0 Å². The van der Waals surface area contributed by atoms with Gasteiger partial charge in [-0.05, 0) is 56.7 Å². The Balaban J connectivity index is 1.73. The van der Waals surface area contributed by atoms with Crippen LogP contribution < -0.4 is 11.3 Å². The molecule has 8 nitrogen and oxygen atoms in total. The first-order chi connectivity index (χ1) is 15.7. The molecular weight excluding hydrogens is 438 g/mol. The Labute approximate surface area is 196 Å². The number of halogens is 1. The van der Waals surface area contributed by atoms with Crippen LogP contribution in [0.4, 0.5) is 5.95 Å². The number of nitrogen functional groups attached to an aromatic ring is 1. The summed E-state index contributed by atoms with van der Waals surface area (Å²) in [5, 5.41) is 2.37.